The summed E-state index contributed by atoms with van der Waals surface area (Å²) in [5, 5.41) is 2.97. The van der Waals surface area contributed by atoms with Gasteiger partial charge in [-0.3, -0.25) is 0 Å². The SMILES string of the molecule is CCOC(=O)c1ccc(NC(=O)N2CCc3cc(OC)c(OC)cc3[C@@H]2c2ccccc2)cc1. The monoisotopic (exact) mass is 460 g/mol. The highest BCUT2D eigenvalue weighted by atomic mass is 16.5. The third-order valence-electron chi connectivity index (χ3n) is 5.90. The zero-order valence-electron chi connectivity index (χ0n) is 19.5. The summed E-state index contributed by atoms with van der Waals surface area (Å²) in [4.78, 5) is 27.2. The van der Waals surface area contributed by atoms with Crippen molar-refractivity contribution >= 4 is 17.7 Å². The molecule has 0 saturated carbocycles. The topological polar surface area (TPSA) is 77.1 Å². The number of carbonyl (C=O) groups is 2. The maximum atomic E-state index is 13.4. The molecular weight excluding hydrogens is 432 g/mol. The number of fused-ring (bicyclic) bond motifs is 1. The number of methoxy groups -OCH3 is 2. The van der Waals surface area contributed by atoms with Crippen molar-refractivity contribution in [2.75, 3.05) is 32.7 Å². The van der Waals surface area contributed by atoms with Crippen molar-refractivity contribution < 1.29 is 23.8 Å². The summed E-state index contributed by atoms with van der Waals surface area (Å²) in [6.45, 7) is 2.61. The van der Waals surface area contributed by atoms with Crippen molar-refractivity contribution in [1.82, 2.24) is 4.90 Å². The fourth-order valence-corrected chi connectivity index (χ4v) is 4.26. The number of nitrogens with one attached hydrogen (secondary N) is 1. The van der Waals surface area contributed by atoms with Gasteiger partial charge in [-0.25, -0.2) is 9.59 Å². The van der Waals surface area contributed by atoms with Gasteiger partial charge in [0, 0.05) is 12.2 Å². The van der Waals surface area contributed by atoms with Crippen molar-refractivity contribution in [3.05, 3.63) is 89.0 Å². The van der Waals surface area contributed by atoms with E-state index in [1.807, 2.05) is 47.4 Å². The smallest absolute Gasteiger partial charge is 0.338 e. The van der Waals surface area contributed by atoms with Crippen molar-refractivity contribution in [3.63, 3.8) is 0 Å². The van der Waals surface area contributed by atoms with E-state index in [4.69, 9.17) is 14.2 Å². The van der Waals surface area contributed by atoms with E-state index < -0.39 is 0 Å². The van der Waals surface area contributed by atoms with Crippen molar-refractivity contribution in [3.8, 4) is 11.5 Å². The van der Waals surface area contributed by atoms with Crippen LogP contribution in [0.5, 0.6) is 11.5 Å². The van der Waals surface area contributed by atoms with Crippen LogP contribution in [0.4, 0.5) is 10.5 Å². The second-order valence-corrected chi connectivity index (χ2v) is 7.89. The molecule has 0 saturated heterocycles. The van der Waals surface area contributed by atoms with Crippen molar-refractivity contribution in [2.24, 2.45) is 0 Å². The number of rotatable bonds is 6. The number of amides is 2. The molecule has 0 aliphatic carbocycles. The molecular formula is C27H28N2O5. The van der Waals surface area contributed by atoms with Gasteiger partial charge in [-0.05, 0) is 66.4 Å². The predicted octanol–water partition coefficient (Wildman–Crippen LogP) is 5.06. The van der Waals surface area contributed by atoms with Crippen LogP contribution in [0, 0.1) is 0 Å². The molecule has 2 amide bonds. The minimum atomic E-state index is -0.387. The molecule has 1 aliphatic rings. The Morgan fingerprint density at radius 3 is 2.29 bits per heavy atom. The third kappa shape index (κ3) is 4.69. The van der Waals surface area contributed by atoms with Gasteiger partial charge in [0.15, 0.2) is 11.5 Å². The van der Waals surface area contributed by atoms with Gasteiger partial charge in [0.25, 0.3) is 0 Å². The maximum absolute atomic E-state index is 13.4. The van der Waals surface area contributed by atoms with E-state index in [9.17, 15) is 9.59 Å². The van der Waals surface area contributed by atoms with Crippen LogP contribution in [-0.2, 0) is 11.2 Å². The van der Waals surface area contributed by atoms with Gasteiger partial charge in [-0.2, -0.15) is 0 Å². The van der Waals surface area contributed by atoms with E-state index in [1.165, 1.54) is 0 Å². The number of carbonyl (C=O) groups excluding carboxylic acids is 2. The Morgan fingerprint density at radius 2 is 1.65 bits per heavy atom. The van der Waals surface area contributed by atoms with Gasteiger partial charge in [0.1, 0.15) is 0 Å². The molecule has 7 nitrogen and oxygen atoms in total. The highest BCUT2D eigenvalue weighted by Crippen LogP contribution is 2.41. The van der Waals surface area contributed by atoms with Crippen LogP contribution in [0.3, 0.4) is 0 Å². The molecule has 3 aromatic rings. The number of ether oxygens (including phenoxy) is 3. The van der Waals surface area contributed by atoms with Gasteiger partial charge in [0.05, 0.1) is 32.4 Å². The van der Waals surface area contributed by atoms with Crippen LogP contribution in [0.2, 0.25) is 0 Å². The Hall–Kier alpha value is -4.00. The van der Waals surface area contributed by atoms with Crippen molar-refractivity contribution in [2.45, 2.75) is 19.4 Å². The third-order valence-corrected chi connectivity index (χ3v) is 5.90. The van der Waals surface area contributed by atoms with E-state index in [-0.39, 0.29) is 18.0 Å². The van der Waals surface area contributed by atoms with Crippen LogP contribution in [0.1, 0.15) is 40.0 Å². The number of esters is 1. The zero-order valence-corrected chi connectivity index (χ0v) is 19.5. The molecule has 0 spiro atoms. The first-order valence-electron chi connectivity index (χ1n) is 11.2. The summed E-state index contributed by atoms with van der Waals surface area (Å²) in [6, 6.07) is 20.1. The summed E-state index contributed by atoms with van der Waals surface area (Å²) in [6.07, 6.45) is 0.689. The van der Waals surface area contributed by atoms with E-state index in [0.717, 1.165) is 16.7 Å². The molecule has 3 aromatic carbocycles. The molecule has 0 fully saturated rings. The molecule has 0 aromatic heterocycles. The second kappa shape index (κ2) is 10.3. The lowest BCUT2D eigenvalue weighted by Crippen LogP contribution is -2.43. The minimum absolute atomic E-state index is 0.224. The molecule has 4 rings (SSSR count). The average molecular weight is 461 g/mol. The summed E-state index contributed by atoms with van der Waals surface area (Å²) >= 11 is 0. The molecule has 0 bridgehead atoms. The standard InChI is InChI=1S/C27H28N2O5/c1-4-34-26(30)19-10-12-21(13-11-19)28-27(31)29-15-14-20-16-23(32-2)24(33-3)17-22(20)25(29)18-8-6-5-7-9-18/h5-13,16-17,25H,4,14-15H2,1-3H3,(H,28,31)/t25-/m0/s1. The molecule has 7 heteroatoms. The molecule has 1 heterocycles. The summed E-state index contributed by atoms with van der Waals surface area (Å²) in [5.41, 5.74) is 4.17. The van der Waals surface area contributed by atoms with E-state index >= 15 is 0 Å². The van der Waals surface area contributed by atoms with Gasteiger partial charge in [0.2, 0.25) is 0 Å². The zero-order chi connectivity index (χ0) is 24.1. The van der Waals surface area contributed by atoms with Crippen molar-refractivity contribution in [1.29, 1.82) is 0 Å². The van der Waals surface area contributed by atoms with Crippen LogP contribution in [0.25, 0.3) is 0 Å². The summed E-state index contributed by atoms with van der Waals surface area (Å²) in [7, 11) is 3.23. The largest absolute Gasteiger partial charge is 0.493 e. The average Bonchev–Trinajstić information content (AvgIpc) is 2.88. The van der Waals surface area contributed by atoms with Gasteiger partial charge >= 0.3 is 12.0 Å². The Kier molecular flexibility index (Phi) is 7.01. The van der Waals surface area contributed by atoms with Gasteiger partial charge < -0.3 is 24.4 Å². The lowest BCUT2D eigenvalue weighted by molar-refractivity contribution is 0.0526. The molecule has 0 unspecified atom stereocenters. The van der Waals surface area contributed by atoms with E-state index in [1.54, 1.807) is 45.4 Å². The molecule has 1 N–H and O–H groups in total. The lowest BCUT2D eigenvalue weighted by atomic mass is 9.88. The summed E-state index contributed by atoms with van der Waals surface area (Å²) in [5.74, 6) is 0.910. The Bertz CT molecular complexity index is 1160. The number of nitrogens with zero attached hydrogens (tertiary/aromatic N) is 1. The molecule has 34 heavy (non-hydrogen) atoms. The molecule has 1 atom stereocenters. The number of hydrogen-bond donors (Lipinski definition) is 1. The molecule has 1 aliphatic heterocycles. The Balaban J connectivity index is 1.64. The normalized spacial score (nSPS) is 14.7. The predicted molar refractivity (Wildman–Crippen MR) is 130 cm³/mol. The second-order valence-electron chi connectivity index (χ2n) is 7.89. The number of hydrogen-bond acceptors (Lipinski definition) is 5. The fraction of sp³-hybridized carbons (Fsp3) is 0.259. The first-order valence-corrected chi connectivity index (χ1v) is 11.2. The lowest BCUT2D eigenvalue weighted by Gasteiger charge is -2.38. The van der Waals surface area contributed by atoms with Crippen LogP contribution in [-0.4, -0.2) is 44.3 Å². The number of benzene rings is 3. The van der Waals surface area contributed by atoms with Crippen LogP contribution >= 0.6 is 0 Å². The molecule has 0 radical (unpaired) electrons. The van der Waals surface area contributed by atoms with E-state index in [2.05, 4.69) is 5.32 Å². The highest BCUT2D eigenvalue weighted by molar-refractivity contribution is 5.92. The molecule has 176 valence electrons. The Labute approximate surface area is 199 Å². The van der Waals surface area contributed by atoms with Gasteiger partial charge in [-0.15, -0.1) is 0 Å². The summed E-state index contributed by atoms with van der Waals surface area (Å²) < 4.78 is 16.1. The Morgan fingerprint density at radius 1 is 0.971 bits per heavy atom. The number of urea groups is 1. The fourth-order valence-electron chi connectivity index (χ4n) is 4.26. The number of anilines is 1. The first-order chi connectivity index (χ1) is 16.5. The first kappa shape index (κ1) is 23.2. The highest BCUT2D eigenvalue weighted by Gasteiger charge is 2.33. The van der Waals surface area contributed by atoms with Crippen LogP contribution in [0.15, 0.2) is 66.7 Å². The minimum Gasteiger partial charge on any atom is -0.493 e. The van der Waals surface area contributed by atoms with Crippen LogP contribution < -0.4 is 14.8 Å². The quantitative estimate of drug-likeness (QED) is 0.521. The maximum Gasteiger partial charge on any atom is 0.338 e. The van der Waals surface area contributed by atoms with Gasteiger partial charge in [-0.1, -0.05) is 30.3 Å². The van der Waals surface area contributed by atoms with E-state index in [0.29, 0.717) is 42.3 Å².